The van der Waals surface area contributed by atoms with Gasteiger partial charge in [0.1, 0.15) is 52.9 Å². The summed E-state index contributed by atoms with van der Waals surface area (Å²) in [6.07, 6.45) is -3.38. The van der Waals surface area contributed by atoms with Gasteiger partial charge < -0.3 is 90.2 Å². The third-order valence-electron chi connectivity index (χ3n) is 9.81. The van der Waals surface area contributed by atoms with Gasteiger partial charge in [0.25, 0.3) is 0 Å². The zero-order valence-corrected chi connectivity index (χ0v) is 46.3. The minimum absolute atomic E-state index is 0.00639. The topological polar surface area (TPSA) is 381 Å². The molecular formula is C50H80N10O20. The van der Waals surface area contributed by atoms with Gasteiger partial charge in [0.2, 0.25) is 23.6 Å². The van der Waals surface area contributed by atoms with E-state index in [-0.39, 0.29) is 192 Å². The van der Waals surface area contributed by atoms with E-state index in [1.165, 1.54) is 27.7 Å². The summed E-state index contributed by atoms with van der Waals surface area (Å²) in [5, 5.41) is 20.6. The van der Waals surface area contributed by atoms with Crippen molar-refractivity contribution in [1.82, 2.24) is 52.3 Å². The lowest BCUT2D eigenvalue weighted by atomic mass is 10.2. The van der Waals surface area contributed by atoms with Crippen molar-refractivity contribution in [3.05, 3.63) is 48.6 Å². The Hall–Kier alpha value is -8.28. The van der Waals surface area contributed by atoms with Crippen LogP contribution in [0.2, 0.25) is 0 Å². The molecule has 0 atom stereocenters. The molecule has 0 fully saturated rings. The summed E-state index contributed by atoms with van der Waals surface area (Å²) in [6.45, 7) is 19.4. The first-order chi connectivity index (χ1) is 38.0. The molecule has 8 N–H and O–H groups in total. The lowest BCUT2D eigenvalue weighted by Crippen LogP contribution is -2.42. The van der Waals surface area contributed by atoms with Crippen molar-refractivity contribution in [2.24, 2.45) is 0 Å². The van der Waals surface area contributed by atoms with E-state index in [1.54, 1.807) is 0 Å². The zero-order valence-electron chi connectivity index (χ0n) is 46.3. The molecule has 0 unspecified atom stereocenters. The first kappa shape index (κ1) is 71.7. The normalized spacial score (nSPS) is 10.3. The zero-order chi connectivity index (χ0) is 60.1. The van der Waals surface area contributed by atoms with Gasteiger partial charge in [0, 0.05) is 140 Å². The average molecular weight is 1140 g/mol. The molecule has 0 saturated carbocycles. The minimum atomic E-state index is -0.802. The highest BCUT2D eigenvalue weighted by atomic mass is 16.6. The van der Waals surface area contributed by atoms with Crippen LogP contribution in [0.3, 0.4) is 0 Å². The Labute approximate surface area is 465 Å². The average Bonchev–Trinajstić information content (AvgIpc) is 3.41. The van der Waals surface area contributed by atoms with Crippen LogP contribution in [0.15, 0.2) is 48.6 Å². The van der Waals surface area contributed by atoms with Crippen LogP contribution >= 0.6 is 0 Å². The monoisotopic (exact) mass is 1140 g/mol. The molecule has 30 heteroatoms. The Morgan fingerprint density at radius 1 is 0.275 bits per heavy atom. The van der Waals surface area contributed by atoms with E-state index < -0.39 is 71.9 Å². The molecule has 80 heavy (non-hydrogen) atoms. The molecule has 0 aliphatic carbocycles. The molecule has 0 aromatic rings. The summed E-state index contributed by atoms with van der Waals surface area (Å²) in [4.78, 5) is 149. The second-order valence-corrected chi connectivity index (χ2v) is 17.0. The van der Waals surface area contributed by atoms with Gasteiger partial charge in [0.05, 0.1) is 0 Å². The maximum Gasteiger partial charge on any atom is 0.407 e. The van der Waals surface area contributed by atoms with Crippen LogP contribution in [0.25, 0.3) is 0 Å². The van der Waals surface area contributed by atoms with E-state index in [4.69, 9.17) is 37.9 Å². The Kier molecular flexibility index (Phi) is 40.1. The number of hydrogen-bond donors (Lipinski definition) is 8. The molecule has 30 nitrogen and oxygen atoms in total. The highest BCUT2D eigenvalue weighted by Crippen LogP contribution is 2.02. The maximum absolute atomic E-state index is 12.9. The van der Waals surface area contributed by atoms with Crippen LogP contribution in [0.5, 0.6) is 0 Å². The SMILES string of the molecule is C=C(C)C(=O)OCCOC(=O)NCCNC(=O)CCN(CCC(=O)NCCNC(=O)OCCOC(=O)C(=C)C)CCN(CCC(=O)NCCNC(=O)OCCOC(=O)C(=C)C)CCC(=O)NCCNC(=O)OCCOC(=O)C(=C)C. The Morgan fingerprint density at radius 2 is 0.450 bits per heavy atom. The number of rotatable bonds is 43. The third kappa shape index (κ3) is 41.8. The lowest BCUT2D eigenvalue weighted by Gasteiger charge is -2.27. The molecule has 0 aliphatic rings. The van der Waals surface area contributed by atoms with Crippen molar-refractivity contribution >= 4 is 71.9 Å². The third-order valence-corrected chi connectivity index (χ3v) is 9.81. The highest BCUT2D eigenvalue weighted by molar-refractivity contribution is 5.88. The summed E-state index contributed by atoms with van der Waals surface area (Å²) in [7, 11) is 0. The molecule has 0 bridgehead atoms. The van der Waals surface area contributed by atoms with Gasteiger partial charge in [0.15, 0.2) is 0 Å². The van der Waals surface area contributed by atoms with Crippen LogP contribution < -0.4 is 42.5 Å². The van der Waals surface area contributed by atoms with Gasteiger partial charge in [-0.2, -0.15) is 0 Å². The first-order valence-corrected chi connectivity index (χ1v) is 25.4. The van der Waals surface area contributed by atoms with E-state index in [0.717, 1.165) is 0 Å². The summed E-state index contributed by atoms with van der Waals surface area (Å²) < 4.78 is 39.2. The lowest BCUT2D eigenvalue weighted by molar-refractivity contribution is -0.140. The van der Waals surface area contributed by atoms with E-state index in [1.807, 2.05) is 9.80 Å². The van der Waals surface area contributed by atoms with Crippen LogP contribution in [-0.4, -0.2) is 226 Å². The maximum atomic E-state index is 12.9. The predicted molar refractivity (Wildman–Crippen MR) is 284 cm³/mol. The number of alkyl carbamates (subject to hydrolysis) is 4. The second-order valence-electron chi connectivity index (χ2n) is 17.0. The fraction of sp³-hybridized carbons (Fsp3) is 0.600. The van der Waals surface area contributed by atoms with E-state index in [2.05, 4.69) is 68.9 Å². The van der Waals surface area contributed by atoms with E-state index in [9.17, 15) is 57.5 Å². The smallest absolute Gasteiger partial charge is 0.407 e. The van der Waals surface area contributed by atoms with Crippen molar-refractivity contribution in [3.8, 4) is 0 Å². The standard InChI is InChI=1S/C50H80N10O20/c1-35(2)43(65)73-27-31-77-47(69)55-17-13-51-39(61)9-21-59(22-10-40(62)52-14-18-56-48(70)78-32-28-74-44(66)36(3)4)25-26-60(23-11-41(63)53-15-19-57-49(71)79-33-29-75-45(67)37(5)6)24-12-42(64)54-16-20-58-50(72)80-34-30-76-46(68)38(7)8/h1,3,5,7,9-34H2,2,4,6,8H3,(H,51,61)(H,52,62)(H,53,63)(H,54,64)(H,55,69)(H,56,70)(H,57,71)(H,58,72). The number of esters is 4. The molecule has 0 rings (SSSR count). The molecule has 0 aliphatic heterocycles. The van der Waals surface area contributed by atoms with Gasteiger partial charge in [-0.3, -0.25) is 19.2 Å². The molecule has 0 aromatic heterocycles. The summed E-state index contributed by atoms with van der Waals surface area (Å²) in [5.41, 5.74) is 0.753. The molecular weight excluding hydrogens is 1060 g/mol. The van der Waals surface area contributed by atoms with Gasteiger partial charge in [-0.1, -0.05) is 26.3 Å². The molecule has 0 aromatic carbocycles. The van der Waals surface area contributed by atoms with Crippen molar-refractivity contribution in [1.29, 1.82) is 0 Å². The number of carbonyl (C=O) groups excluding carboxylic acids is 12. The molecule has 0 heterocycles. The Balaban J connectivity index is 5.65. The molecule has 0 saturated heterocycles. The van der Waals surface area contributed by atoms with Gasteiger partial charge >= 0.3 is 48.3 Å². The first-order valence-electron chi connectivity index (χ1n) is 25.4. The highest BCUT2D eigenvalue weighted by Gasteiger charge is 2.17. The quantitative estimate of drug-likeness (QED) is 0.0157. The van der Waals surface area contributed by atoms with Gasteiger partial charge in [-0.25, -0.2) is 38.4 Å². The van der Waals surface area contributed by atoms with Gasteiger partial charge in [-0.05, 0) is 27.7 Å². The summed E-state index contributed by atoms with van der Waals surface area (Å²) in [6, 6.07) is 0. The van der Waals surface area contributed by atoms with Crippen molar-refractivity contribution < 1.29 is 95.4 Å². The number of nitrogens with zero attached hydrogens (tertiary/aromatic N) is 2. The van der Waals surface area contributed by atoms with E-state index >= 15 is 0 Å². The van der Waals surface area contributed by atoms with Crippen molar-refractivity contribution in [3.63, 3.8) is 0 Å². The van der Waals surface area contributed by atoms with Crippen LogP contribution in [-0.2, 0) is 76.3 Å². The number of carbonyl (C=O) groups is 12. The van der Waals surface area contributed by atoms with Crippen molar-refractivity contribution in [2.45, 2.75) is 53.4 Å². The predicted octanol–water partition coefficient (Wildman–Crippen LogP) is -1.00. The molecule has 8 amide bonds. The second kappa shape index (κ2) is 44.7. The number of amides is 8. The largest absolute Gasteiger partial charge is 0.459 e. The fourth-order valence-corrected chi connectivity index (χ4v) is 5.58. The number of hydrogen-bond acceptors (Lipinski definition) is 22. The van der Waals surface area contributed by atoms with Crippen LogP contribution in [0.1, 0.15) is 53.4 Å². The van der Waals surface area contributed by atoms with Crippen molar-refractivity contribution in [2.75, 3.05) is 144 Å². The fourth-order valence-electron chi connectivity index (χ4n) is 5.58. The molecule has 0 radical (unpaired) electrons. The minimum Gasteiger partial charge on any atom is -0.459 e. The van der Waals surface area contributed by atoms with Crippen LogP contribution in [0, 0.1) is 0 Å². The number of nitrogens with one attached hydrogen (secondary N) is 8. The summed E-state index contributed by atoms with van der Waals surface area (Å²) in [5.74, 6) is -4.09. The van der Waals surface area contributed by atoms with Crippen LogP contribution in [0.4, 0.5) is 19.2 Å². The summed E-state index contributed by atoms with van der Waals surface area (Å²) >= 11 is 0. The van der Waals surface area contributed by atoms with Gasteiger partial charge in [-0.15, -0.1) is 0 Å². The Morgan fingerprint density at radius 3 is 0.637 bits per heavy atom. The Bertz CT molecular complexity index is 1820. The molecule has 450 valence electrons. The molecule has 0 spiro atoms. The van der Waals surface area contributed by atoms with E-state index in [0.29, 0.717) is 0 Å². The number of ether oxygens (including phenoxy) is 8.